The van der Waals surface area contributed by atoms with Crippen LogP contribution in [0.1, 0.15) is 40.4 Å². The van der Waals surface area contributed by atoms with Crippen molar-refractivity contribution in [3.05, 3.63) is 70.6 Å². The van der Waals surface area contributed by atoms with Gasteiger partial charge in [-0.25, -0.2) is 13.8 Å². The molecule has 0 amide bonds. The highest BCUT2D eigenvalue weighted by atomic mass is 35.5. The number of likely N-dealkylation sites (tertiary alicyclic amines) is 1. The smallest absolute Gasteiger partial charge is 0.180 e. The summed E-state index contributed by atoms with van der Waals surface area (Å²) in [6.45, 7) is 2.68. The van der Waals surface area contributed by atoms with Gasteiger partial charge in [0.25, 0.3) is 0 Å². The van der Waals surface area contributed by atoms with Crippen LogP contribution in [0.15, 0.2) is 48.5 Å². The quantitative estimate of drug-likeness (QED) is 0.407. The Hall–Kier alpha value is -2.06. The van der Waals surface area contributed by atoms with Gasteiger partial charge in [0.1, 0.15) is 11.6 Å². The zero-order valence-corrected chi connectivity index (χ0v) is 19.7. The number of nitrogens with zero attached hydrogens (tertiary/aromatic N) is 2. The van der Waals surface area contributed by atoms with Crippen LogP contribution < -0.4 is 5.73 Å². The first kappa shape index (κ1) is 26.2. The first-order chi connectivity index (χ1) is 14.5. The number of hydrogen-bond acceptors (Lipinski definition) is 5. The van der Waals surface area contributed by atoms with Gasteiger partial charge in [-0.15, -0.1) is 36.2 Å². The molecule has 0 bridgehead atoms. The highest BCUT2D eigenvalue weighted by molar-refractivity contribution is 7.15. The molecule has 1 saturated heterocycles. The molecule has 1 unspecified atom stereocenters. The second kappa shape index (κ2) is 11.7. The number of thiazole rings is 1. The van der Waals surface area contributed by atoms with Crippen molar-refractivity contribution >= 4 is 47.1 Å². The van der Waals surface area contributed by atoms with E-state index in [2.05, 4.69) is 9.88 Å². The first-order valence-corrected chi connectivity index (χ1v) is 10.8. The lowest BCUT2D eigenvalue weighted by Crippen LogP contribution is -2.22. The molecular weight excluding hydrogens is 475 g/mol. The molecule has 0 spiro atoms. The van der Waals surface area contributed by atoms with E-state index in [-0.39, 0.29) is 42.2 Å². The van der Waals surface area contributed by atoms with Crippen LogP contribution in [0.3, 0.4) is 0 Å². The SMILES string of the molecule is Cl.Cl.Nc1nc(-c2ccc(F)cc2)c(C2CCN(CCCC(=O)c3ccc(F)cc3)C2)s1. The summed E-state index contributed by atoms with van der Waals surface area (Å²) in [4.78, 5) is 20.2. The Morgan fingerprint density at radius 3 is 2.34 bits per heavy atom. The lowest BCUT2D eigenvalue weighted by atomic mass is 10.0. The van der Waals surface area contributed by atoms with Crippen LogP contribution in [0.4, 0.5) is 13.9 Å². The molecular formula is C23H25Cl2F2N3OS. The van der Waals surface area contributed by atoms with Gasteiger partial charge in [-0.2, -0.15) is 0 Å². The fourth-order valence-corrected chi connectivity index (χ4v) is 4.91. The Balaban J connectivity index is 0.00000181. The van der Waals surface area contributed by atoms with Crippen molar-refractivity contribution in [2.45, 2.75) is 25.2 Å². The molecule has 1 atom stereocenters. The minimum atomic E-state index is -0.335. The van der Waals surface area contributed by atoms with Crippen LogP contribution in [0.2, 0.25) is 0 Å². The predicted molar refractivity (Wildman–Crippen MR) is 130 cm³/mol. The average Bonchev–Trinajstić information content (AvgIpc) is 3.35. The molecule has 2 N–H and O–H groups in total. The van der Waals surface area contributed by atoms with Crippen molar-refractivity contribution in [2.75, 3.05) is 25.4 Å². The summed E-state index contributed by atoms with van der Waals surface area (Å²) in [5.74, 6) is -0.240. The van der Waals surface area contributed by atoms with Crippen LogP contribution in [0, 0.1) is 11.6 Å². The molecule has 1 fully saturated rings. The Bertz CT molecular complexity index is 1030. The van der Waals surface area contributed by atoms with E-state index < -0.39 is 0 Å². The van der Waals surface area contributed by atoms with Gasteiger partial charge in [-0.05, 0) is 74.5 Å². The van der Waals surface area contributed by atoms with Crippen molar-refractivity contribution in [3.63, 3.8) is 0 Å². The van der Waals surface area contributed by atoms with Gasteiger partial charge in [0.15, 0.2) is 10.9 Å². The van der Waals surface area contributed by atoms with E-state index in [4.69, 9.17) is 5.73 Å². The third-order valence-corrected chi connectivity index (χ3v) is 6.52. The molecule has 4 rings (SSSR count). The van der Waals surface area contributed by atoms with E-state index in [1.54, 1.807) is 12.1 Å². The topological polar surface area (TPSA) is 59.2 Å². The molecule has 32 heavy (non-hydrogen) atoms. The summed E-state index contributed by atoms with van der Waals surface area (Å²) in [6, 6.07) is 12.1. The molecule has 2 heterocycles. The fraction of sp³-hybridized carbons (Fsp3) is 0.304. The predicted octanol–water partition coefficient (Wildman–Crippen LogP) is 5.97. The minimum Gasteiger partial charge on any atom is -0.375 e. The number of aromatic nitrogens is 1. The Kier molecular flexibility index (Phi) is 9.58. The second-order valence-corrected chi connectivity index (χ2v) is 8.65. The molecule has 2 aromatic carbocycles. The summed E-state index contributed by atoms with van der Waals surface area (Å²) in [5.41, 5.74) is 8.26. The number of hydrogen-bond donors (Lipinski definition) is 1. The molecule has 1 aromatic heterocycles. The molecule has 9 heteroatoms. The molecule has 4 nitrogen and oxygen atoms in total. The van der Waals surface area contributed by atoms with Crippen LogP contribution in [0.5, 0.6) is 0 Å². The maximum absolute atomic E-state index is 13.3. The highest BCUT2D eigenvalue weighted by Crippen LogP contribution is 2.39. The first-order valence-electron chi connectivity index (χ1n) is 10.0. The molecule has 0 radical (unpaired) electrons. The number of ketones is 1. The molecule has 172 valence electrons. The van der Waals surface area contributed by atoms with Gasteiger partial charge < -0.3 is 10.6 Å². The van der Waals surface area contributed by atoms with Gasteiger partial charge in [0.2, 0.25) is 0 Å². The van der Waals surface area contributed by atoms with Gasteiger partial charge in [0, 0.05) is 34.9 Å². The number of carbonyl (C=O) groups excluding carboxylic acids is 1. The van der Waals surface area contributed by atoms with Crippen LogP contribution in [0.25, 0.3) is 11.3 Å². The highest BCUT2D eigenvalue weighted by Gasteiger charge is 2.28. The normalized spacial score (nSPS) is 15.8. The zero-order valence-electron chi connectivity index (χ0n) is 17.3. The van der Waals surface area contributed by atoms with Gasteiger partial charge in [-0.1, -0.05) is 0 Å². The van der Waals surface area contributed by atoms with E-state index in [1.807, 2.05) is 0 Å². The standard InChI is InChI=1S/C23H23F2N3OS.2ClH/c24-18-7-3-15(4-8-18)20(29)2-1-12-28-13-11-17(14-28)22-21(27-23(26)30-22)16-5-9-19(25)10-6-16;;/h3-10,17H,1-2,11-14H2,(H2,26,27);2*1H. The van der Waals surface area contributed by atoms with E-state index in [0.717, 1.165) is 48.6 Å². The Morgan fingerprint density at radius 1 is 1.06 bits per heavy atom. The number of nitrogens with two attached hydrogens (primary N) is 1. The van der Waals surface area contributed by atoms with E-state index in [0.29, 0.717) is 23.0 Å². The molecule has 1 aliphatic rings. The summed E-state index contributed by atoms with van der Waals surface area (Å²) in [6.07, 6.45) is 2.21. The number of Topliss-reactive ketones (excluding diaryl/α,β-unsaturated/α-hetero) is 1. The van der Waals surface area contributed by atoms with Crippen LogP contribution in [-0.2, 0) is 0 Å². The third kappa shape index (κ3) is 6.25. The third-order valence-electron chi connectivity index (χ3n) is 5.48. The van der Waals surface area contributed by atoms with Crippen molar-refractivity contribution in [1.29, 1.82) is 0 Å². The van der Waals surface area contributed by atoms with E-state index in [9.17, 15) is 13.6 Å². The molecule has 0 aliphatic carbocycles. The zero-order chi connectivity index (χ0) is 21.1. The van der Waals surface area contributed by atoms with Crippen molar-refractivity contribution < 1.29 is 13.6 Å². The molecule has 0 saturated carbocycles. The molecule has 3 aromatic rings. The van der Waals surface area contributed by atoms with Gasteiger partial charge in [0.05, 0.1) is 5.69 Å². The van der Waals surface area contributed by atoms with Crippen LogP contribution in [-0.4, -0.2) is 35.3 Å². The van der Waals surface area contributed by atoms with Gasteiger partial charge >= 0.3 is 0 Å². The number of nitrogen functional groups attached to an aromatic ring is 1. The lowest BCUT2D eigenvalue weighted by molar-refractivity contribution is 0.0976. The van der Waals surface area contributed by atoms with Crippen molar-refractivity contribution in [1.82, 2.24) is 9.88 Å². The maximum atomic E-state index is 13.3. The number of benzene rings is 2. The van der Waals surface area contributed by atoms with E-state index in [1.165, 1.54) is 47.7 Å². The summed E-state index contributed by atoms with van der Waals surface area (Å²) in [5, 5.41) is 0.521. The summed E-state index contributed by atoms with van der Waals surface area (Å²) < 4.78 is 26.3. The Morgan fingerprint density at radius 2 is 1.69 bits per heavy atom. The van der Waals surface area contributed by atoms with Gasteiger partial charge in [-0.3, -0.25) is 4.79 Å². The van der Waals surface area contributed by atoms with Crippen molar-refractivity contribution in [3.8, 4) is 11.3 Å². The number of halogens is 4. The van der Waals surface area contributed by atoms with Crippen LogP contribution >= 0.6 is 36.2 Å². The average molecular weight is 500 g/mol. The van der Waals surface area contributed by atoms with Crippen molar-refractivity contribution in [2.24, 2.45) is 0 Å². The Labute approximate surface area is 202 Å². The minimum absolute atomic E-state index is 0. The second-order valence-electron chi connectivity index (χ2n) is 7.59. The number of rotatable bonds is 7. The van der Waals surface area contributed by atoms with E-state index >= 15 is 0 Å². The largest absolute Gasteiger partial charge is 0.375 e. The number of carbonyl (C=O) groups is 1. The summed E-state index contributed by atoms with van der Waals surface area (Å²) in [7, 11) is 0. The maximum Gasteiger partial charge on any atom is 0.180 e. The monoisotopic (exact) mass is 499 g/mol. The summed E-state index contributed by atoms with van der Waals surface area (Å²) >= 11 is 1.50. The molecule has 1 aliphatic heterocycles. The lowest BCUT2D eigenvalue weighted by Gasteiger charge is -2.15. The fourth-order valence-electron chi connectivity index (χ4n) is 3.93. The number of anilines is 1.